The summed E-state index contributed by atoms with van der Waals surface area (Å²) >= 11 is 0. The maximum atomic E-state index is 14.1. The molecule has 0 spiro atoms. The normalized spacial score (nSPS) is 13.2. The van der Waals surface area contributed by atoms with E-state index in [9.17, 15) is 19.1 Å². The van der Waals surface area contributed by atoms with Crippen molar-refractivity contribution in [1.82, 2.24) is 15.1 Å². The van der Waals surface area contributed by atoms with Gasteiger partial charge in [0.1, 0.15) is 17.3 Å². The number of nitrogens with one attached hydrogen (secondary N) is 2. The number of benzene rings is 3. The number of phenols is 1. The van der Waals surface area contributed by atoms with E-state index in [4.69, 9.17) is 4.74 Å². The minimum Gasteiger partial charge on any atom is -0.507 e. The van der Waals surface area contributed by atoms with Gasteiger partial charge in [-0.05, 0) is 74.4 Å². The van der Waals surface area contributed by atoms with Crippen LogP contribution in [0.5, 0.6) is 11.5 Å². The molecular weight excluding hydrogens is 511 g/mol. The zero-order chi connectivity index (χ0) is 28.1. The van der Waals surface area contributed by atoms with Gasteiger partial charge in [0.05, 0.1) is 18.0 Å². The Kier molecular flexibility index (Phi) is 8.10. The maximum absolute atomic E-state index is 14.1. The molecule has 2 amide bonds. The second-order valence-electron chi connectivity index (χ2n) is 9.74. The first kappa shape index (κ1) is 26.9. The molecular formula is C31H31FN4O4. The summed E-state index contributed by atoms with van der Waals surface area (Å²) in [5.41, 5.74) is 2.81. The predicted octanol–water partition coefficient (Wildman–Crippen LogP) is 6.46. The molecule has 0 bridgehead atoms. The molecule has 40 heavy (non-hydrogen) atoms. The number of aromatic nitrogens is 2. The minimum absolute atomic E-state index is 0.0170. The SMILES string of the molecule is CCOc1ccc(C(=O)Nc2ccc(O)c(-c3cc(C4CCCC4)n(C(=O)NCc4ccccc4F)n3)c2)cc1. The summed E-state index contributed by atoms with van der Waals surface area (Å²) in [7, 11) is 0. The quantitative estimate of drug-likeness (QED) is 0.222. The fourth-order valence-corrected chi connectivity index (χ4v) is 4.98. The molecule has 0 unspecified atom stereocenters. The minimum atomic E-state index is -0.476. The van der Waals surface area contributed by atoms with Gasteiger partial charge in [-0.15, -0.1) is 0 Å². The van der Waals surface area contributed by atoms with Crippen LogP contribution in [0.25, 0.3) is 11.3 Å². The van der Waals surface area contributed by atoms with Crippen LogP contribution in [0.1, 0.15) is 60.1 Å². The molecule has 3 aromatic carbocycles. The van der Waals surface area contributed by atoms with Gasteiger partial charge in [-0.2, -0.15) is 9.78 Å². The van der Waals surface area contributed by atoms with Gasteiger partial charge in [0.2, 0.25) is 0 Å². The smallest absolute Gasteiger partial charge is 0.342 e. The lowest BCUT2D eigenvalue weighted by Gasteiger charge is -2.12. The first-order valence-electron chi connectivity index (χ1n) is 13.4. The Morgan fingerprint density at radius 2 is 1.80 bits per heavy atom. The van der Waals surface area contributed by atoms with Crippen molar-refractivity contribution in [3.05, 3.63) is 95.4 Å². The molecule has 0 radical (unpaired) electrons. The highest BCUT2D eigenvalue weighted by atomic mass is 19.1. The second-order valence-corrected chi connectivity index (χ2v) is 9.74. The van der Waals surface area contributed by atoms with Crippen LogP contribution in [0.15, 0.2) is 72.8 Å². The van der Waals surface area contributed by atoms with Crippen LogP contribution in [0.2, 0.25) is 0 Å². The van der Waals surface area contributed by atoms with Crippen molar-refractivity contribution < 1.29 is 23.8 Å². The van der Waals surface area contributed by atoms with Crippen LogP contribution < -0.4 is 15.4 Å². The van der Waals surface area contributed by atoms with E-state index in [2.05, 4.69) is 15.7 Å². The van der Waals surface area contributed by atoms with E-state index in [0.717, 1.165) is 31.4 Å². The van der Waals surface area contributed by atoms with Crippen LogP contribution in [-0.4, -0.2) is 33.4 Å². The summed E-state index contributed by atoms with van der Waals surface area (Å²) in [6.45, 7) is 2.44. The largest absolute Gasteiger partial charge is 0.507 e. The molecule has 4 aromatic rings. The van der Waals surface area contributed by atoms with Crippen molar-refractivity contribution in [2.45, 2.75) is 45.1 Å². The Labute approximate surface area is 231 Å². The van der Waals surface area contributed by atoms with Crippen molar-refractivity contribution in [3.8, 4) is 22.8 Å². The van der Waals surface area contributed by atoms with E-state index < -0.39 is 11.8 Å². The molecule has 1 fully saturated rings. The number of phenolic OH excluding ortho intramolecular Hbond substituents is 1. The van der Waals surface area contributed by atoms with Crippen LogP contribution >= 0.6 is 0 Å². The summed E-state index contributed by atoms with van der Waals surface area (Å²) in [6.07, 6.45) is 3.96. The predicted molar refractivity (Wildman–Crippen MR) is 150 cm³/mol. The molecule has 1 aliphatic carbocycles. The van der Waals surface area contributed by atoms with Crippen molar-refractivity contribution in [3.63, 3.8) is 0 Å². The Hall–Kier alpha value is -4.66. The lowest BCUT2D eigenvalue weighted by atomic mass is 10.0. The van der Waals surface area contributed by atoms with E-state index in [-0.39, 0.29) is 24.1 Å². The molecule has 8 nitrogen and oxygen atoms in total. The first-order valence-corrected chi connectivity index (χ1v) is 13.4. The van der Waals surface area contributed by atoms with Gasteiger partial charge in [-0.3, -0.25) is 4.79 Å². The average molecular weight is 543 g/mol. The number of ether oxygens (including phenoxy) is 1. The Bertz CT molecular complexity index is 1510. The van der Waals surface area contributed by atoms with Crippen molar-refractivity contribution >= 4 is 17.6 Å². The molecule has 9 heteroatoms. The van der Waals surface area contributed by atoms with Gasteiger partial charge in [-0.25, -0.2) is 9.18 Å². The zero-order valence-corrected chi connectivity index (χ0v) is 22.2. The molecule has 0 saturated heterocycles. The topological polar surface area (TPSA) is 105 Å². The number of aromatic hydroxyl groups is 1. The number of hydrogen-bond donors (Lipinski definition) is 3. The fraction of sp³-hybridized carbons (Fsp3) is 0.258. The van der Waals surface area contributed by atoms with Crippen LogP contribution in [0.3, 0.4) is 0 Å². The van der Waals surface area contributed by atoms with E-state index in [0.29, 0.717) is 40.4 Å². The number of halogens is 1. The third-order valence-electron chi connectivity index (χ3n) is 7.05. The lowest BCUT2D eigenvalue weighted by Crippen LogP contribution is -2.31. The summed E-state index contributed by atoms with van der Waals surface area (Å²) in [5, 5.41) is 20.8. The van der Waals surface area contributed by atoms with Gasteiger partial charge in [0, 0.05) is 34.8 Å². The number of carbonyl (C=O) groups excluding carboxylic acids is 2. The van der Waals surface area contributed by atoms with Crippen molar-refractivity contribution in [1.29, 1.82) is 0 Å². The van der Waals surface area contributed by atoms with Gasteiger partial charge in [0.15, 0.2) is 0 Å². The van der Waals surface area contributed by atoms with Gasteiger partial charge in [-0.1, -0.05) is 31.0 Å². The highest BCUT2D eigenvalue weighted by Gasteiger charge is 2.26. The van der Waals surface area contributed by atoms with E-state index in [1.54, 1.807) is 54.6 Å². The molecule has 1 aliphatic rings. The third-order valence-corrected chi connectivity index (χ3v) is 7.05. The van der Waals surface area contributed by atoms with Crippen LogP contribution in [0, 0.1) is 5.82 Å². The summed E-state index contributed by atoms with van der Waals surface area (Å²) in [4.78, 5) is 26.0. The number of amides is 2. The molecule has 3 N–H and O–H groups in total. The van der Waals surface area contributed by atoms with Gasteiger partial charge < -0.3 is 20.5 Å². The number of nitrogens with zero attached hydrogens (tertiary/aromatic N) is 2. The number of anilines is 1. The second kappa shape index (κ2) is 12.0. The van der Waals surface area contributed by atoms with Gasteiger partial charge in [0.25, 0.3) is 5.91 Å². The molecule has 5 rings (SSSR count). The molecule has 1 heterocycles. The Balaban J connectivity index is 1.39. The Morgan fingerprint density at radius 3 is 2.52 bits per heavy atom. The standard InChI is InChI=1S/C31H31FN4O4/c1-2-40-24-14-11-21(12-15-24)30(38)34-23-13-16-29(37)25(17-23)27-18-28(20-7-3-4-8-20)36(35-27)31(39)33-19-22-9-5-6-10-26(22)32/h5-6,9-18,20,37H,2-4,7-8,19H2,1H3,(H,33,39)(H,34,38). The molecule has 1 aromatic heterocycles. The zero-order valence-electron chi connectivity index (χ0n) is 22.2. The average Bonchev–Trinajstić information content (AvgIpc) is 3.65. The summed E-state index contributed by atoms with van der Waals surface area (Å²) in [5.74, 6) is 0.0783. The molecule has 206 valence electrons. The summed E-state index contributed by atoms with van der Waals surface area (Å²) < 4.78 is 20.8. The molecule has 0 aliphatic heterocycles. The van der Waals surface area contributed by atoms with Gasteiger partial charge >= 0.3 is 6.03 Å². The van der Waals surface area contributed by atoms with Crippen LogP contribution in [0.4, 0.5) is 14.9 Å². The highest BCUT2D eigenvalue weighted by Crippen LogP contribution is 2.38. The Morgan fingerprint density at radius 1 is 1.05 bits per heavy atom. The van der Waals surface area contributed by atoms with E-state index in [1.807, 2.05) is 13.0 Å². The molecule has 0 atom stereocenters. The number of carbonyl (C=O) groups is 2. The van der Waals surface area contributed by atoms with Crippen molar-refractivity contribution in [2.24, 2.45) is 0 Å². The van der Waals surface area contributed by atoms with E-state index >= 15 is 0 Å². The maximum Gasteiger partial charge on any atom is 0.342 e. The first-order chi connectivity index (χ1) is 19.4. The monoisotopic (exact) mass is 542 g/mol. The summed E-state index contributed by atoms with van der Waals surface area (Å²) in [6, 6.07) is 19.1. The molecule has 1 saturated carbocycles. The third kappa shape index (κ3) is 5.98. The lowest BCUT2D eigenvalue weighted by molar-refractivity contribution is 0.102. The van der Waals surface area contributed by atoms with Crippen LogP contribution in [-0.2, 0) is 6.54 Å². The number of hydrogen-bond acceptors (Lipinski definition) is 5. The number of rotatable bonds is 8. The van der Waals surface area contributed by atoms with Crippen molar-refractivity contribution in [2.75, 3.05) is 11.9 Å². The van der Waals surface area contributed by atoms with E-state index in [1.165, 1.54) is 16.8 Å². The fourth-order valence-electron chi connectivity index (χ4n) is 4.98. The highest BCUT2D eigenvalue weighted by molar-refractivity contribution is 6.04.